The van der Waals surface area contributed by atoms with Gasteiger partial charge in [0.1, 0.15) is 6.04 Å². The molecule has 5 nitrogen and oxygen atoms in total. The highest BCUT2D eigenvalue weighted by Gasteiger charge is 2.36. The van der Waals surface area contributed by atoms with E-state index in [0.29, 0.717) is 11.6 Å². The summed E-state index contributed by atoms with van der Waals surface area (Å²) in [6.45, 7) is 5.63. The quantitative estimate of drug-likeness (QED) is 0.782. The lowest BCUT2D eigenvalue weighted by Gasteiger charge is -2.29. The minimum atomic E-state index is -0.899. The van der Waals surface area contributed by atoms with Gasteiger partial charge in [-0.2, -0.15) is 0 Å². The fraction of sp³-hybridized carbons (Fsp3) is 0.846. The number of thioether (sulfide) groups is 1. The maximum Gasteiger partial charge on any atom is 0.327 e. The second-order valence-electron chi connectivity index (χ2n) is 4.80. The number of carbonyl (C=O) groups is 2. The first-order valence-corrected chi connectivity index (χ1v) is 8.13. The van der Waals surface area contributed by atoms with E-state index < -0.39 is 12.0 Å². The van der Waals surface area contributed by atoms with Crippen LogP contribution >= 0.6 is 11.8 Å². The molecule has 1 unspecified atom stereocenters. The van der Waals surface area contributed by atoms with Gasteiger partial charge in [0.25, 0.3) is 0 Å². The molecule has 2 amide bonds. The molecule has 1 fully saturated rings. The number of carboxylic acid groups (broad SMARTS) is 1. The maximum atomic E-state index is 12.4. The maximum absolute atomic E-state index is 12.4. The van der Waals surface area contributed by atoms with E-state index in [1.807, 2.05) is 4.90 Å². The minimum absolute atomic E-state index is 0.112. The summed E-state index contributed by atoms with van der Waals surface area (Å²) in [5.41, 5.74) is 0. The van der Waals surface area contributed by atoms with Gasteiger partial charge in [0.05, 0.1) is 5.88 Å². The van der Waals surface area contributed by atoms with Crippen LogP contribution < -0.4 is 0 Å². The van der Waals surface area contributed by atoms with Crippen molar-refractivity contribution in [2.75, 3.05) is 24.7 Å². The standard InChI is InChI=1S/C13H24N2O3S/c1-3-5-7-14(8-6-4-2)13(18)15-10-19-9-11(15)12(16)17/h11H,3-10H2,1-2H3,(H,16,17). The number of amides is 2. The van der Waals surface area contributed by atoms with Crippen LogP contribution in [-0.2, 0) is 4.79 Å². The zero-order valence-electron chi connectivity index (χ0n) is 11.8. The molecule has 1 N–H and O–H groups in total. The molecular weight excluding hydrogens is 264 g/mol. The largest absolute Gasteiger partial charge is 0.480 e. The van der Waals surface area contributed by atoms with Crippen LogP contribution in [0.3, 0.4) is 0 Å². The Hall–Kier alpha value is -0.910. The summed E-state index contributed by atoms with van der Waals surface area (Å²) in [6, 6.07) is -0.775. The molecule has 0 aromatic carbocycles. The smallest absolute Gasteiger partial charge is 0.327 e. The third-order valence-corrected chi connectivity index (χ3v) is 4.26. The van der Waals surface area contributed by atoms with Crippen molar-refractivity contribution in [3.05, 3.63) is 0 Å². The van der Waals surface area contributed by atoms with E-state index in [1.165, 1.54) is 16.7 Å². The fourth-order valence-electron chi connectivity index (χ4n) is 2.02. The lowest BCUT2D eigenvalue weighted by molar-refractivity contribution is -0.140. The van der Waals surface area contributed by atoms with Crippen molar-refractivity contribution in [3.8, 4) is 0 Å². The zero-order valence-corrected chi connectivity index (χ0v) is 12.6. The Kier molecular flexibility index (Phi) is 7.05. The predicted molar refractivity (Wildman–Crippen MR) is 77.4 cm³/mol. The highest BCUT2D eigenvalue weighted by atomic mass is 32.2. The van der Waals surface area contributed by atoms with Crippen LogP contribution in [0.2, 0.25) is 0 Å². The van der Waals surface area contributed by atoms with Crippen LogP contribution in [0.5, 0.6) is 0 Å². The predicted octanol–water partition coefficient (Wildman–Crippen LogP) is 2.47. The van der Waals surface area contributed by atoms with E-state index in [1.54, 1.807) is 0 Å². The van der Waals surface area contributed by atoms with Gasteiger partial charge in [-0.15, -0.1) is 11.8 Å². The molecule has 0 aliphatic carbocycles. The van der Waals surface area contributed by atoms with Crippen molar-refractivity contribution in [1.82, 2.24) is 9.80 Å². The summed E-state index contributed by atoms with van der Waals surface area (Å²) in [6.07, 6.45) is 4.00. The Morgan fingerprint density at radius 2 is 1.84 bits per heavy atom. The lowest BCUT2D eigenvalue weighted by atomic mass is 10.2. The zero-order chi connectivity index (χ0) is 14.3. The number of carbonyl (C=O) groups excluding carboxylic acids is 1. The van der Waals surface area contributed by atoms with E-state index in [2.05, 4.69) is 13.8 Å². The van der Waals surface area contributed by atoms with Crippen LogP contribution in [0.25, 0.3) is 0 Å². The van der Waals surface area contributed by atoms with Gasteiger partial charge in [-0.3, -0.25) is 0 Å². The highest BCUT2D eigenvalue weighted by Crippen LogP contribution is 2.22. The molecule has 1 aliphatic heterocycles. The number of unbranched alkanes of at least 4 members (excludes halogenated alkanes) is 2. The Bertz CT molecular complexity index is 304. The van der Waals surface area contributed by atoms with E-state index in [-0.39, 0.29) is 6.03 Å². The summed E-state index contributed by atoms with van der Waals surface area (Å²) in [5.74, 6) is 0.0883. The molecule has 110 valence electrons. The van der Waals surface area contributed by atoms with Crippen molar-refractivity contribution in [3.63, 3.8) is 0 Å². The summed E-state index contributed by atoms with van der Waals surface area (Å²) in [4.78, 5) is 26.9. The molecule has 1 atom stereocenters. The van der Waals surface area contributed by atoms with Gasteiger partial charge in [0.15, 0.2) is 0 Å². The summed E-state index contributed by atoms with van der Waals surface area (Å²) < 4.78 is 0. The van der Waals surface area contributed by atoms with Crippen LogP contribution in [0.1, 0.15) is 39.5 Å². The highest BCUT2D eigenvalue weighted by molar-refractivity contribution is 7.99. The molecule has 0 saturated carbocycles. The van der Waals surface area contributed by atoms with Crippen molar-refractivity contribution in [1.29, 1.82) is 0 Å². The molecule has 0 bridgehead atoms. The average molecular weight is 288 g/mol. The fourth-order valence-corrected chi connectivity index (χ4v) is 3.16. The molecule has 1 rings (SSSR count). The number of nitrogens with zero attached hydrogens (tertiary/aromatic N) is 2. The van der Waals surface area contributed by atoms with Gasteiger partial charge in [-0.1, -0.05) is 26.7 Å². The van der Waals surface area contributed by atoms with Gasteiger partial charge in [-0.05, 0) is 12.8 Å². The van der Waals surface area contributed by atoms with Gasteiger partial charge in [0.2, 0.25) is 0 Å². The monoisotopic (exact) mass is 288 g/mol. The molecule has 19 heavy (non-hydrogen) atoms. The number of carboxylic acids is 1. The second kappa shape index (κ2) is 8.30. The lowest BCUT2D eigenvalue weighted by Crippen LogP contribution is -2.49. The number of aliphatic carboxylic acids is 1. The number of rotatable bonds is 7. The topological polar surface area (TPSA) is 60.9 Å². The first-order valence-electron chi connectivity index (χ1n) is 6.97. The Morgan fingerprint density at radius 3 is 2.32 bits per heavy atom. The van der Waals surface area contributed by atoms with Gasteiger partial charge in [-0.25, -0.2) is 9.59 Å². The van der Waals surface area contributed by atoms with Gasteiger partial charge >= 0.3 is 12.0 Å². The Morgan fingerprint density at radius 1 is 1.26 bits per heavy atom. The van der Waals surface area contributed by atoms with Crippen molar-refractivity contribution < 1.29 is 14.7 Å². The second-order valence-corrected chi connectivity index (χ2v) is 5.80. The molecule has 1 saturated heterocycles. The molecular formula is C13H24N2O3S. The van der Waals surface area contributed by atoms with Crippen LogP contribution in [0.4, 0.5) is 4.79 Å². The van der Waals surface area contributed by atoms with Crippen LogP contribution in [0, 0.1) is 0 Å². The third kappa shape index (κ3) is 4.60. The summed E-state index contributed by atoms with van der Waals surface area (Å²) >= 11 is 1.51. The van der Waals surface area contributed by atoms with E-state index >= 15 is 0 Å². The summed E-state index contributed by atoms with van der Waals surface area (Å²) in [5, 5.41) is 9.14. The normalized spacial score (nSPS) is 18.6. The molecule has 0 aromatic rings. The minimum Gasteiger partial charge on any atom is -0.480 e. The summed E-state index contributed by atoms with van der Waals surface area (Å²) in [7, 11) is 0. The van der Waals surface area contributed by atoms with Crippen molar-refractivity contribution >= 4 is 23.8 Å². The van der Waals surface area contributed by atoms with E-state index in [4.69, 9.17) is 5.11 Å². The van der Waals surface area contributed by atoms with E-state index in [0.717, 1.165) is 38.8 Å². The molecule has 1 heterocycles. The average Bonchev–Trinajstić information content (AvgIpc) is 2.87. The molecule has 0 aromatic heterocycles. The van der Waals surface area contributed by atoms with Gasteiger partial charge < -0.3 is 14.9 Å². The number of hydrogen-bond donors (Lipinski definition) is 1. The van der Waals surface area contributed by atoms with Crippen LogP contribution in [0.15, 0.2) is 0 Å². The molecule has 0 radical (unpaired) electrons. The first kappa shape index (κ1) is 16.1. The van der Waals surface area contributed by atoms with Crippen molar-refractivity contribution in [2.45, 2.75) is 45.6 Å². The first-order chi connectivity index (χ1) is 9.11. The van der Waals surface area contributed by atoms with E-state index in [9.17, 15) is 9.59 Å². The van der Waals surface area contributed by atoms with Crippen molar-refractivity contribution in [2.24, 2.45) is 0 Å². The molecule has 1 aliphatic rings. The Labute approximate surface area is 119 Å². The Balaban J connectivity index is 2.65. The molecule has 0 spiro atoms. The third-order valence-electron chi connectivity index (χ3n) is 3.25. The number of hydrogen-bond acceptors (Lipinski definition) is 3. The van der Waals surface area contributed by atoms with Crippen LogP contribution in [-0.4, -0.2) is 57.7 Å². The molecule has 6 heteroatoms. The van der Waals surface area contributed by atoms with Gasteiger partial charge in [0, 0.05) is 18.8 Å². The number of urea groups is 1. The SMILES string of the molecule is CCCCN(CCCC)C(=O)N1CSCC1C(=O)O.